The molecule has 0 spiro atoms. The standard InChI is InChI=1S/C12H17N3S2/c1-2-15(8-11-4-3-5-16-11)7-10-9-17-12(6-13)14-10/h3-5,9H,2,6-8,13H2,1H3. The molecule has 0 radical (unpaired) electrons. The van der Waals surface area contributed by atoms with Gasteiger partial charge in [0.15, 0.2) is 0 Å². The van der Waals surface area contributed by atoms with Gasteiger partial charge < -0.3 is 5.73 Å². The summed E-state index contributed by atoms with van der Waals surface area (Å²) >= 11 is 3.46. The molecule has 0 aromatic carbocycles. The van der Waals surface area contributed by atoms with Gasteiger partial charge in [0.1, 0.15) is 5.01 Å². The first-order valence-electron chi connectivity index (χ1n) is 5.70. The summed E-state index contributed by atoms with van der Waals surface area (Å²) in [4.78, 5) is 8.29. The lowest BCUT2D eigenvalue weighted by molar-refractivity contribution is 0.271. The van der Waals surface area contributed by atoms with Crippen LogP contribution in [0.25, 0.3) is 0 Å². The van der Waals surface area contributed by atoms with Crippen molar-refractivity contribution in [2.24, 2.45) is 5.73 Å². The topological polar surface area (TPSA) is 42.1 Å². The molecule has 2 N–H and O–H groups in total. The molecule has 2 rings (SSSR count). The highest BCUT2D eigenvalue weighted by Gasteiger charge is 2.08. The Morgan fingerprint density at radius 2 is 2.24 bits per heavy atom. The van der Waals surface area contributed by atoms with E-state index in [0.29, 0.717) is 6.54 Å². The molecule has 2 heterocycles. The first-order chi connectivity index (χ1) is 8.31. The van der Waals surface area contributed by atoms with Crippen LogP contribution in [0.4, 0.5) is 0 Å². The van der Waals surface area contributed by atoms with Crippen molar-refractivity contribution >= 4 is 22.7 Å². The van der Waals surface area contributed by atoms with Crippen molar-refractivity contribution in [3.05, 3.63) is 38.5 Å². The normalized spacial score (nSPS) is 11.2. The van der Waals surface area contributed by atoms with Gasteiger partial charge >= 0.3 is 0 Å². The van der Waals surface area contributed by atoms with Crippen LogP contribution in [0.3, 0.4) is 0 Å². The van der Waals surface area contributed by atoms with Crippen LogP contribution in [0.2, 0.25) is 0 Å². The molecule has 0 saturated carbocycles. The third kappa shape index (κ3) is 3.61. The highest BCUT2D eigenvalue weighted by Crippen LogP contribution is 2.15. The number of nitrogens with zero attached hydrogens (tertiary/aromatic N) is 2. The van der Waals surface area contributed by atoms with Crippen molar-refractivity contribution < 1.29 is 0 Å². The predicted molar refractivity (Wildman–Crippen MR) is 74.1 cm³/mol. The van der Waals surface area contributed by atoms with Crippen LogP contribution in [-0.2, 0) is 19.6 Å². The molecule has 0 atom stereocenters. The molecule has 0 aliphatic heterocycles. The van der Waals surface area contributed by atoms with Gasteiger partial charge in [-0.1, -0.05) is 13.0 Å². The summed E-state index contributed by atoms with van der Waals surface area (Å²) in [5.41, 5.74) is 6.71. The molecule has 2 aromatic rings. The number of hydrogen-bond donors (Lipinski definition) is 1. The van der Waals surface area contributed by atoms with E-state index in [9.17, 15) is 0 Å². The van der Waals surface area contributed by atoms with Crippen LogP contribution in [0.1, 0.15) is 22.5 Å². The van der Waals surface area contributed by atoms with Crippen molar-refractivity contribution in [3.63, 3.8) is 0 Å². The first-order valence-corrected chi connectivity index (χ1v) is 7.45. The second kappa shape index (κ2) is 6.26. The van der Waals surface area contributed by atoms with E-state index in [0.717, 1.165) is 30.3 Å². The van der Waals surface area contributed by atoms with Gasteiger partial charge in [0, 0.05) is 29.9 Å². The average Bonchev–Trinajstić information content (AvgIpc) is 2.99. The van der Waals surface area contributed by atoms with Crippen LogP contribution in [-0.4, -0.2) is 16.4 Å². The van der Waals surface area contributed by atoms with Crippen molar-refractivity contribution in [1.29, 1.82) is 0 Å². The van der Waals surface area contributed by atoms with Crippen LogP contribution < -0.4 is 5.73 Å². The number of hydrogen-bond acceptors (Lipinski definition) is 5. The van der Waals surface area contributed by atoms with E-state index in [1.54, 1.807) is 11.3 Å². The zero-order chi connectivity index (χ0) is 12.1. The van der Waals surface area contributed by atoms with E-state index in [1.807, 2.05) is 11.3 Å². The van der Waals surface area contributed by atoms with E-state index in [-0.39, 0.29) is 0 Å². The van der Waals surface area contributed by atoms with Gasteiger partial charge in [0.2, 0.25) is 0 Å². The third-order valence-corrected chi connectivity index (χ3v) is 4.35. The van der Waals surface area contributed by atoms with E-state index in [2.05, 4.69) is 39.7 Å². The SMILES string of the molecule is CCN(Cc1csc(CN)n1)Cc1cccs1. The lowest BCUT2D eigenvalue weighted by atomic mass is 10.3. The minimum Gasteiger partial charge on any atom is -0.325 e. The number of thiophene rings is 1. The lowest BCUT2D eigenvalue weighted by Crippen LogP contribution is -2.22. The maximum absolute atomic E-state index is 5.57. The highest BCUT2D eigenvalue weighted by molar-refractivity contribution is 7.10. The maximum Gasteiger partial charge on any atom is 0.106 e. The quantitative estimate of drug-likeness (QED) is 0.875. The van der Waals surface area contributed by atoms with Crippen LogP contribution in [0.15, 0.2) is 22.9 Å². The Morgan fingerprint density at radius 3 is 2.82 bits per heavy atom. The van der Waals surface area contributed by atoms with Crippen molar-refractivity contribution in [2.75, 3.05) is 6.54 Å². The predicted octanol–water partition coefficient (Wildman–Crippen LogP) is 2.69. The van der Waals surface area contributed by atoms with Gasteiger partial charge in [-0.05, 0) is 18.0 Å². The summed E-state index contributed by atoms with van der Waals surface area (Å²) in [6, 6.07) is 4.28. The summed E-state index contributed by atoms with van der Waals surface area (Å²) < 4.78 is 0. The second-order valence-corrected chi connectivity index (χ2v) is 5.79. The number of nitrogens with two attached hydrogens (primary N) is 1. The summed E-state index contributed by atoms with van der Waals surface area (Å²) in [5.74, 6) is 0. The molecular formula is C12H17N3S2. The number of aromatic nitrogens is 1. The molecule has 17 heavy (non-hydrogen) atoms. The Balaban J connectivity index is 1.95. The summed E-state index contributed by atoms with van der Waals surface area (Å²) in [7, 11) is 0. The van der Waals surface area contributed by atoms with Gasteiger partial charge in [-0.25, -0.2) is 4.98 Å². The van der Waals surface area contributed by atoms with Gasteiger partial charge in [-0.2, -0.15) is 0 Å². The molecular weight excluding hydrogens is 250 g/mol. The molecule has 0 fully saturated rings. The van der Waals surface area contributed by atoms with Crippen molar-refractivity contribution in [1.82, 2.24) is 9.88 Å². The minimum absolute atomic E-state index is 0.543. The fourth-order valence-corrected chi connectivity index (χ4v) is 3.06. The van der Waals surface area contributed by atoms with E-state index in [4.69, 9.17) is 5.73 Å². The molecule has 0 amide bonds. The molecule has 0 saturated heterocycles. The smallest absolute Gasteiger partial charge is 0.106 e. The molecule has 0 aliphatic carbocycles. The molecule has 92 valence electrons. The first kappa shape index (κ1) is 12.7. The Hall–Kier alpha value is -0.750. The van der Waals surface area contributed by atoms with Crippen LogP contribution >= 0.6 is 22.7 Å². The summed E-state index contributed by atoms with van der Waals surface area (Å²) in [6.45, 7) is 5.67. The van der Waals surface area contributed by atoms with Gasteiger partial charge in [0.25, 0.3) is 0 Å². The number of rotatable bonds is 6. The molecule has 0 aliphatic rings. The van der Waals surface area contributed by atoms with Crippen molar-refractivity contribution in [3.8, 4) is 0 Å². The van der Waals surface area contributed by atoms with E-state index < -0.39 is 0 Å². The fourth-order valence-electron chi connectivity index (χ4n) is 1.65. The Kier molecular flexibility index (Phi) is 4.67. The minimum atomic E-state index is 0.543. The summed E-state index contributed by atoms with van der Waals surface area (Å²) in [5, 5.41) is 5.25. The number of thiazole rings is 1. The van der Waals surface area contributed by atoms with Crippen molar-refractivity contribution in [2.45, 2.75) is 26.6 Å². The Labute approximate surface area is 110 Å². The molecule has 3 nitrogen and oxygen atoms in total. The second-order valence-electron chi connectivity index (χ2n) is 3.82. The lowest BCUT2D eigenvalue weighted by Gasteiger charge is -2.18. The average molecular weight is 267 g/mol. The van der Waals surface area contributed by atoms with E-state index in [1.165, 1.54) is 4.88 Å². The fraction of sp³-hybridized carbons (Fsp3) is 0.417. The van der Waals surface area contributed by atoms with Crippen LogP contribution in [0, 0.1) is 0 Å². The monoisotopic (exact) mass is 267 g/mol. The molecule has 2 aromatic heterocycles. The maximum atomic E-state index is 5.57. The molecule has 5 heteroatoms. The Bertz CT molecular complexity index is 436. The summed E-state index contributed by atoms with van der Waals surface area (Å²) in [6.07, 6.45) is 0. The van der Waals surface area contributed by atoms with E-state index >= 15 is 0 Å². The van der Waals surface area contributed by atoms with Gasteiger partial charge in [-0.15, -0.1) is 22.7 Å². The van der Waals surface area contributed by atoms with Crippen LogP contribution in [0.5, 0.6) is 0 Å². The molecule has 0 unspecified atom stereocenters. The molecule has 0 bridgehead atoms. The van der Waals surface area contributed by atoms with Gasteiger partial charge in [0.05, 0.1) is 5.69 Å². The highest BCUT2D eigenvalue weighted by atomic mass is 32.1. The largest absolute Gasteiger partial charge is 0.325 e. The van der Waals surface area contributed by atoms with Gasteiger partial charge in [-0.3, -0.25) is 4.90 Å². The third-order valence-electron chi connectivity index (χ3n) is 2.57. The zero-order valence-corrected chi connectivity index (χ0v) is 11.6. The zero-order valence-electron chi connectivity index (χ0n) is 9.93. The Morgan fingerprint density at radius 1 is 1.35 bits per heavy atom.